The molecule has 2 N–H and O–H groups in total. The van der Waals surface area contributed by atoms with Crippen molar-refractivity contribution in [3.8, 4) is 11.1 Å². The van der Waals surface area contributed by atoms with E-state index in [1.807, 2.05) is 19.1 Å². The van der Waals surface area contributed by atoms with Gasteiger partial charge in [0.2, 0.25) is 0 Å². The van der Waals surface area contributed by atoms with Crippen LogP contribution >= 0.6 is 0 Å². The summed E-state index contributed by atoms with van der Waals surface area (Å²) in [5.74, 6) is -0.318. The molecule has 2 aromatic rings. The Morgan fingerprint density at radius 3 is 1.96 bits per heavy atom. The Kier molecular flexibility index (Phi) is 3.99. The third-order valence-electron chi connectivity index (χ3n) is 4.66. The summed E-state index contributed by atoms with van der Waals surface area (Å²) >= 11 is 0. The highest BCUT2D eigenvalue weighted by atomic mass is 16.5. The molecule has 0 heterocycles. The fraction of sp³-hybridized carbons (Fsp3) is 0.350. The molecule has 1 aliphatic carbocycles. The molecule has 0 saturated heterocycles. The Morgan fingerprint density at radius 2 is 1.52 bits per heavy atom. The maximum atomic E-state index is 12.5. The number of nitrogens with two attached hydrogens (primary N) is 1. The molecule has 0 amide bonds. The van der Waals surface area contributed by atoms with Crippen LogP contribution in [0.15, 0.2) is 36.4 Å². The Morgan fingerprint density at radius 1 is 1.04 bits per heavy atom. The monoisotopic (exact) mass is 309 g/mol. The molecular weight excluding hydrogens is 286 g/mol. The summed E-state index contributed by atoms with van der Waals surface area (Å²) in [6.45, 7) is 6.39. The van der Waals surface area contributed by atoms with Gasteiger partial charge >= 0.3 is 5.97 Å². The van der Waals surface area contributed by atoms with Gasteiger partial charge in [-0.15, -0.1) is 0 Å². The van der Waals surface area contributed by atoms with E-state index in [0.29, 0.717) is 19.4 Å². The molecular formula is C20H23NO2. The van der Waals surface area contributed by atoms with Crippen LogP contribution in [0.4, 0.5) is 0 Å². The lowest BCUT2D eigenvalue weighted by Gasteiger charge is -2.26. The predicted molar refractivity (Wildman–Crippen MR) is 92.3 cm³/mol. The normalized spacial score (nSPS) is 15.3. The smallest absolute Gasteiger partial charge is 0.326 e. The van der Waals surface area contributed by atoms with E-state index in [2.05, 4.69) is 38.1 Å². The molecule has 120 valence electrons. The summed E-state index contributed by atoms with van der Waals surface area (Å²) in [7, 11) is 0. The second-order valence-electron chi connectivity index (χ2n) is 6.45. The van der Waals surface area contributed by atoms with Gasteiger partial charge in [-0.25, -0.2) is 0 Å². The number of carbonyl (C=O) groups is 1. The fourth-order valence-corrected chi connectivity index (χ4v) is 3.63. The molecule has 2 aromatic carbocycles. The average molecular weight is 309 g/mol. The van der Waals surface area contributed by atoms with Crippen LogP contribution in [0.1, 0.15) is 29.2 Å². The number of rotatable bonds is 2. The van der Waals surface area contributed by atoms with Gasteiger partial charge in [0.1, 0.15) is 5.54 Å². The van der Waals surface area contributed by atoms with Crippen LogP contribution in [0.25, 0.3) is 11.1 Å². The molecule has 3 heteroatoms. The SMILES string of the molecule is CCOC(=O)C1(N)Cc2cccc(C)c2-c2c(C)cccc2C1. The number of ether oxygens (including phenoxy) is 1. The minimum Gasteiger partial charge on any atom is -0.465 e. The molecule has 0 atom stereocenters. The van der Waals surface area contributed by atoms with Crippen molar-refractivity contribution in [1.29, 1.82) is 0 Å². The largest absolute Gasteiger partial charge is 0.465 e. The summed E-state index contributed by atoms with van der Waals surface area (Å²) in [5.41, 5.74) is 12.6. The zero-order valence-electron chi connectivity index (χ0n) is 14.0. The van der Waals surface area contributed by atoms with Crippen molar-refractivity contribution in [2.75, 3.05) is 6.61 Å². The molecule has 3 rings (SSSR count). The van der Waals surface area contributed by atoms with Gasteiger partial charge < -0.3 is 10.5 Å². The van der Waals surface area contributed by atoms with Crippen molar-refractivity contribution < 1.29 is 9.53 Å². The fourth-order valence-electron chi connectivity index (χ4n) is 3.63. The molecule has 1 aliphatic rings. The van der Waals surface area contributed by atoms with Crippen LogP contribution < -0.4 is 5.73 Å². The van der Waals surface area contributed by atoms with Crippen LogP contribution in [-0.4, -0.2) is 18.1 Å². The first-order valence-electron chi connectivity index (χ1n) is 8.09. The number of hydrogen-bond donors (Lipinski definition) is 1. The lowest BCUT2D eigenvalue weighted by atomic mass is 9.87. The third-order valence-corrected chi connectivity index (χ3v) is 4.66. The number of carbonyl (C=O) groups excluding carboxylic acids is 1. The van der Waals surface area contributed by atoms with E-state index in [4.69, 9.17) is 10.5 Å². The van der Waals surface area contributed by atoms with Gasteiger partial charge in [-0.05, 0) is 54.2 Å². The number of hydrogen-bond acceptors (Lipinski definition) is 3. The first kappa shape index (κ1) is 15.8. The first-order chi connectivity index (χ1) is 11.0. The maximum Gasteiger partial charge on any atom is 0.326 e. The van der Waals surface area contributed by atoms with Crippen molar-refractivity contribution >= 4 is 5.97 Å². The minimum atomic E-state index is -1.02. The second kappa shape index (κ2) is 5.82. The molecule has 0 bridgehead atoms. The zero-order chi connectivity index (χ0) is 16.6. The summed E-state index contributed by atoms with van der Waals surface area (Å²) in [5, 5.41) is 0. The van der Waals surface area contributed by atoms with E-state index in [1.165, 1.54) is 22.3 Å². The second-order valence-corrected chi connectivity index (χ2v) is 6.45. The van der Waals surface area contributed by atoms with E-state index < -0.39 is 5.54 Å². The van der Waals surface area contributed by atoms with E-state index in [-0.39, 0.29) is 5.97 Å². The summed E-state index contributed by atoms with van der Waals surface area (Å²) in [6, 6.07) is 12.4. The van der Waals surface area contributed by atoms with Crippen LogP contribution in [0.5, 0.6) is 0 Å². The Balaban J connectivity index is 2.25. The summed E-state index contributed by atoms with van der Waals surface area (Å²) < 4.78 is 5.27. The van der Waals surface area contributed by atoms with E-state index >= 15 is 0 Å². The number of fused-ring (bicyclic) bond motifs is 3. The Hall–Kier alpha value is -2.13. The van der Waals surface area contributed by atoms with Gasteiger partial charge in [0, 0.05) is 12.8 Å². The standard InChI is InChI=1S/C20H23NO2/c1-4-23-19(22)20(21)11-15-9-5-7-13(2)17(15)18-14(3)8-6-10-16(18)12-20/h5-10H,4,11-12,21H2,1-3H3. The maximum absolute atomic E-state index is 12.5. The Labute approximate surface area is 137 Å². The molecule has 0 unspecified atom stereocenters. The van der Waals surface area contributed by atoms with Crippen molar-refractivity contribution in [3.63, 3.8) is 0 Å². The predicted octanol–water partition coefficient (Wildman–Crippen LogP) is 3.33. The van der Waals surface area contributed by atoms with Crippen LogP contribution in [-0.2, 0) is 22.4 Å². The molecule has 0 spiro atoms. The van der Waals surface area contributed by atoms with Gasteiger partial charge in [-0.2, -0.15) is 0 Å². The third kappa shape index (κ3) is 2.66. The van der Waals surface area contributed by atoms with Crippen LogP contribution in [0.3, 0.4) is 0 Å². The highest BCUT2D eigenvalue weighted by Crippen LogP contribution is 2.39. The van der Waals surface area contributed by atoms with Crippen molar-refractivity contribution in [2.24, 2.45) is 5.73 Å². The summed E-state index contributed by atoms with van der Waals surface area (Å²) in [4.78, 5) is 12.5. The van der Waals surface area contributed by atoms with E-state index in [0.717, 1.165) is 11.1 Å². The van der Waals surface area contributed by atoms with Gasteiger partial charge in [0.25, 0.3) is 0 Å². The topological polar surface area (TPSA) is 52.3 Å². The average Bonchev–Trinajstić information content (AvgIpc) is 2.63. The first-order valence-corrected chi connectivity index (χ1v) is 8.09. The molecule has 0 fully saturated rings. The van der Waals surface area contributed by atoms with Crippen molar-refractivity contribution in [2.45, 2.75) is 39.2 Å². The molecule has 0 aromatic heterocycles. The van der Waals surface area contributed by atoms with Gasteiger partial charge in [-0.1, -0.05) is 36.4 Å². The molecule has 3 nitrogen and oxygen atoms in total. The molecule has 0 saturated carbocycles. The van der Waals surface area contributed by atoms with E-state index in [1.54, 1.807) is 0 Å². The highest BCUT2D eigenvalue weighted by Gasteiger charge is 2.39. The van der Waals surface area contributed by atoms with E-state index in [9.17, 15) is 4.79 Å². The van der Waals surface area contributed by atoms with Gasteiger partial charge in [0.15, 0.2) is 0 Å². The lowest BCUT2D eigenvalue weighted by molar-refractivity contribution is -0.149. The number of esters is 1. The molecule has 0 radical (unpaired) electrons. The van der Waals surface area contributed by atoms with Gasteiger partial charge in [-0.3, -0.25) is 4.79 Å². The minimum absolute atomic E-state index is 0.318. The zero-order valence-corrected chi connectivity index (χ0v) is 14.0. The van der Waals surface area contributed by atoms with Crippen LogP contribution in [0, 0.1) is 13.8 Å². The summed E-state index contributed by atoms with van der Waals surface area (Å²) in [6.07, 6.45) is 0.994. The van der Waals surface area contributed by atoms with Crippen molar-refractivity contribution in [1.82, 2.24) is 0 Å². The highest BCUT2D eigenvalue weighted by molar-refractivity contribution is 5.86. The quantitative estimate of drug-likeness (QED) is 0.866. The van der Waals surface area contributed by atoms with Crippen molar-refractivity contribution in [3.05, 3.63) is 58.7 Å². The van der Waals surface area contributed by atoms with Gasteiger partial charge in [0.05, 0.1) is 6.61 Å². The number of aryl methyl sites for hydroxylation is 2. The number of benzene rings is 2. The Bertz CT molecular complexity index is 711. The molecule has 23 heavy (non-hydrogen) atoms. The molecule has 0 aliphatic heterocycles. The lowest BCUT2D eigenvalue weighted by Crippen LogP contribution is -2.52. The van der Waals surface area contributed by atoms with Crippen LogP contribution in [0.2, 0.25) is 0 Å².